The molecule has 0 spiro atoms. The van der Waals surface area contributed by atoms with Crippen LogP contribution in [-0.4, -0.2) is 45.3 Å². The number of benzene rings is 2. The van der Waals surface area contributed by atoms with Crippen LogP contribution in [0.4, 0.5) is 5.82 Å². The average Bonchev–Trinajstić information content (AvgIpc) is 2.85. The molecule has 1 aliphatic heterocycles. The first-order valence-electron chi connectivity index (χ1n) is 11.0. The molecule has 0 N–H and O–H groups in total. The highest BCUT2D eigenvalue weighted by atomic mass is 35.5. The van der Waals surface area contributed by atoms with E-state index in [1.54, 1.807) is 36.5 Å². The van der Waals surface area contributed by atoms with Gasteiger partial charge in [-0.25, -0.2) is 26.1 Å². The SMILES string of the molecule is CCc1ccc(S(=O)(=O)N2CCC(N(c3ccccn3)S(=O)(=O)c3ccc(Cl)cc3)CC2)cc1. The molecule has 2 heterocycles. The summed E-state index contributed by atoms with van der Waals surface area (Å²) < 4.78 is 56.3. The van der Waals surface area contributed by atoms with E-state index in [0.717, 1.165) is 12.0 Å². The Morgan fingerprint density at radius 3 is 2.09 bits per heavy atom. The minimum Gasteiger partial charge on any atom is -0.247 e. The molecule has 1 aliphatic rings. The highest BCUT2D eigenvalue weighted by Gasteiger charge is 2.37. The minimum atomic E-state index is -3.94. The molecule has 34 heavy (non-hydrogen) atoms. The molecule has 10 heteroatoms. The van der Waals surface area contributed by atoms with Gasteiger partial charge in [0, 0.05) is 30.4 Å². The van der Waals surface area contributed by atoms with E-state index in [1.807, 2.05) is 19.1 Å². The van der Waals surface area contributed by atoms with Crippen molar-refractivity contribution >= 4 is 37.5 Å². The molecule has 1 aromatic heterocycles. The zero-order chi connectivity index (χ0) is 24.3. The van der Waals surface area contributed by atoms with Crippen LogP contribution in [-0.2, 0) is 26.5 Å². The number of nitrogens with zero attached hydrogens (tertiary/aromatic N) is 3. The van der Waals surface area contributed by atoms with E-state index < -0.39 is 26.1 Å². The lowest BCUT2D eigenvalue weighted by atomic mass is 10.1. The number of pyridine rings is 1. The molecule has 0 amide bonds. The zero-order valence-electron chi connectivity index (χ0n) is 18.7. The lowest BCUT2D eigenvalue weighted by Gasteiger charge is -2.37. The second-order valence-electron chi connectivity index (χ2n) is 8.08. The first-order valence-corrected chi connectivity index (χ1v) is 14.3. The third kappa shape index (κ3) is 4.98. The Kier molecular flexibility index (Phi) is 7.28. The molecule has 0 bridgehead atoms. The summed E-state index contributed by atoms with van der Waals surface area (Å²) >= 11 is 5.95. The Labute approximate surface area is 206 Å². The van der Waals surface area contributed by atoms with Crippen molar-refractivity contribution in [2.45, 2.75) is 42.0 Å². The van der Waals surface area contributed by atoms with Crippen LogP contribution < -0.4 is 4.31 Å². The van der Waals surface area contributed by atoms with Gasteiger partial charge in [-0.1, -0.05) is 36.7 Å². The number of piperidine rings is 1. The quantitative estimate of drug-likeness (QED) is 0.463. The van der Waals surface area contributed by atoms with Crippen LogP contribution in [0.2, 0.25) is 5.02 Å². The van der Waals surface area contributed by atoms with E-state index in [2.05, 4.69) is 4.98 Å². The predicted molar refractivity (Wildman–Crippen MR) is 133 cm³/mol. The van der Waals surface area contributed by atoms with Gasteiger partial charge in [0.05, 0.1) is 9.79 Å². The summed E-state index contributed by atoms with van der Waals surface area (Å²) in [6.45, 7) is 2.43. The van der Waals surface area contributed by atoms with Crippen molar-refractivity contribution in [1.29, 1.82) is 0 Å². The molecule has 3 aromatic rings. The second kappa shape index (κ2) is 10.0. The number of aryl methyl sites for hydroxylation is 1. The van der Waals surface area contributed by atoms with E-state index in [9.17, 15) is 16.8 Å². The largest absolute Gasteiger partial charge is 0.265 e. The van der Waals surface area contributed by atoms with Gasteiger partial charge >= 0.3 is 0 Å². The van der Waals surface area contributed by atoms with Crippen LogP contribution in [0.1, 0.15) is 25.3 Å². The minimum absolute atomic E-state index is 0.105. The number of aromatic nitrogens is 1. The monoisotopic (exact) mass is 519 g/mol. The summed E-state index contributed by atoms with van der Waals surface area (Å²) in [6, 6.07) is 17.5. The molecule has 4 rings (SSSR count). The maximum absolute atomic E-state index is 13.6. The third-order valence-electron chi connectivity index (χ3n) is 5.97. The Morgan fingerprint density at radius 1 is 0.912 bits per heavy atom. The van der Waals surface area contributed by atoms with Crippen LogP contribution in [0.5, 0.6) is 0 Å². The first-order chi connectivity index (χ1) is 16.2. The molecule has 7 nitrogen and oxygen atoms in total. The van der Waals surface area contributed by atoms with Crippen LogP contribution >= 0.6 is 11.6 Å². The van der Waals surface area contributed by atoms with E-state index in [-0.39, 0.29) is 22.9 Å². The normalized spacial score (nSPS) is 15.8. The Bertz CT molecular complexity index is 1320. The fraction of sp³-hybridized carbons (Fsp3) is 0.292. The number of rotatable bonds is 7. The van der Waals surface area contributed by atoms with Gasteiger partial charge in [-0.3, -0.25) is 0 Å². The van der Waals surface area contributed by atoms with E-state index in [4.69, 9.17) is 11.6 Å². The summed E-state index contributed by atoms with van der Waals surface area (Å²) in [5.74, 6) is 0.300. The van der Waals surface area contributed by atoms with Crippen molar-refractivity contribution in [2.75, 3.05) is 17.4 Å². The number of hydrogen-bond donors (Lipinski definition) is 0. The van der Waals surface area contributed by atoms with Crippen LogP contribution in [0.25, 0.3) is 0 Å². The summed E-state index contributed by atoms with van der Waals surface area (Å²) in [4.78, 5) is 4.64. The lowest BCUT2D eigenvalue weighted by molar-refractivity contribution is 0.320. The van der Waals surface area contributed by atoms with Crippen molar-refractivity contribution in [3.63, 3.8) is 0 Å². The van der Waals surface area contributed by atoms with Crippen molar-refractivity contribution in [1.82, 2.24) is 9.29 Å². The lowest BCUT2D eigenvalue weighted by Crippen LogP contribution is -2.49. The van der Waals surface area contributed by atoms with Crippen molar-refractivity contribution in [3.8, 4) is 0 Å². The first kappa shape index (κ1) is 24.7. The van der Waals surface area contributed by atoms with Crippen molar-refractivity contribution in [2.24, 2.45) is 0 Å². The maximum atomic E-state index is 13.6. The molecule has 0 unspecified atom stereocenters. The van der Waals surface area contributed by atoms with Gasteiger partial charge in [-0.2, -0.15) is 4.31 Å². The second-order valence-corrected chi connectivity index (χ2v) is 12.3. The van der Waals surface area contributed by atoms with E-state index in [0.29, 0.717) is 23.7 Å². The van der Waals surface area contributed by atoms with Gasteiger partial charge in [0.25, 0.3) is 10.0 Å². The maximum Gasteiger partial charge on any atom is 0.265 e. The molecule has 0 aliphatic carbocycles. The highest BCUT2D eigenvalue weighted by Crippen LogP contribution is 2.31. The van der Waals surface area contributed by atoms with Gasteiger partial charge in [-0.05, 0) is 73.4 Å². The topological polar surface area (TPSA) is 87.7 Å². The smallest absolute Gasteiger partial charge is 0.247 e. The molecular weight excluding hydrogens is 494 g/mol. The van der Waals surface area contributed by atoms with Crippen LogP contribution in [0.15, 0.2) is 82.7 Å². The van der Waals surface area contributed by atoms with E-state index >= 15 is 0 Å². The molecule has 1 fully saturated rings. The van der Waals surface area contributed by atoms with Gasteiger partial charge in [-0.15, -0.1) is 0 Å². The highest BCUT2D eigenvalue weighted by molar-refractivity contribution is 7.92. The standard InChI is InChI=1S/C24H26ClN3O4S2/c1-2-19-6-10-22(11-7-19)33(29,30)27-17-14-21(15-18-27)28(24-5-3-4-16-26-24)34(31,32)23-12-8-20(25)9-13-23/h3-13,16,21H,2,14-15,17-18H2,1H3. The van der Waals surface area contributed by atoms with Gasteiger partial charge < -0.3 is 0 Å². The molecule has 0 atom stereocenters. The molecule has 0 saturated carbocycles. The molecular formula is C24H26ClN3O4S2. The van der Waals surface area contributed by atoms with Gasteiger partial charge in [0.2, 0.25) is 10.0 Å². The molecule has 0 radical (unpaired) electrons. The summed E-state index contributed by atoms with van der Waals surface area (Å²) in [7, 11) is -7.60. The van der Waals surface area contributed by atoms with Crippen molar-refractivity contribution < 1.29 is 16.8 Å². The van der Waals surface area contributed by atoms with Gasteiger partial charge in [0.1, 0.15) is 5.82 Å². The fourth-order valence-electron chi connectivity index (χ4n) is 4.07. The van der Waals surface area contributed by atoms with Crippen molar-refractivity contribution in [3.05, 3.63) is 83.5 Å². The third-order valence-corrected chi connectivity index (χ3v) is 10.0. The Morgan fingerprint density at radius 2 is 1.53 bits per heavy atom. The van der Waals surface area contributed by atoms with Crippen LogP contribution in [0, 0.1) is 0 Å². The molecule has 1 saturated heterocycles. The molecule has 180 valence electrons. The van der Waals surface area contributed by atoms with Gasteiger partial charge in [0.15, 0.2) is 0 Å². The Hall–Kier alpha value is -2.46. The predicted octanol–water partition coefficient (Wildman–Crippen LogP) is 4.35. The number of sulfonamides is 2. The summed E-state index contributed by atoms with van der Waals surface area (Å²) in [5.41, 5.74) is 1.07. The van der Waals surface area contributed by atoms with E-state index in [1.165, 1.54) is 32.9 Å². The van der Waals surface area contributed by atoms with Crippen LogP contribution in [0.3, 0.4) is 0 Å². The molecule has 2 aromatic carbocycles. The number of anilines is 1. The number of hydrogen-bond acceptors (Lipinski definition) is 5. The fourth-order valence-corrected chi connectivity index (χ4v) is 7.33. The summed E-state index contributed by atoms with van der Waals surface area (Å²) in [6.07, 6.45) is 3.06. The number of halogens is 1. The average molecular weight is 520 g/mol. The zero-order valence-corrected chi connectivity index (χ0v) is 21.1. The Balaban J connectivity index is 1.59. The summed E-state index contributed by atoms with van der Waals surface area (Å²) in [5, 5.41) is 0.439.